The molecule has 7 heteroatoms. The molecule has 1 N–H and O–H groups in total. The summed E-state index contributed by atoms with van der Waals surface area (Å²) in [5.41, 5.74) is 0.508. The van der Waals surface area contributed by atoms with E-state index in [1.54, 1.807) is 6.92 Å². The van der Waals surface area contributed by atoms with Crippen LogP contribution in [-0.2, 0) is 10.0 Å². The number of benzene rings is 1. The molecule has 0 saturated carbocycles. The summed E-state index contributed by atoms with van der Waals surface area (Å²) in [6, 6.07) is 5.72. The van der Waals surface area contributed by atoms with Gasteiger partial charge in [0, 0.05) is 0 Å². The lowest BCUT2D eigenvalue weighted by atomic mass is 10.2. The van der Waals surface area contributed by atoms with E-state index in [9.17, 15) is 17.2 Å². The summed E-state index contributed by atoms with van der Waals surface area (Å²) in [4.78, 5) is 3.16. The van der Waals surface area contributed by atoms with Crippen molar-refractivity contribution in [3.63, 3.8) is 0 Å². The Balaban J connectivity index is 2.37. The Bertz CT molecular complexity index is 700. The SMILES string of the molecule is Cc1ccc(F)cc1S(=O)(=O)Nc1ccc(F)nc1. The zero-order valence-electron chi connectivity index (χ0n) is 9.89. The molecule has 0 spiro atoms. The average molecular weight is 284 g/mol. The summed E-state index contributed by atoms with van der Waals surface area (Å²) in [7, 11) is -3.93. The highest BCUT2D eigenvalue weighted by Crippen LogP contribution is 2.19. The summed E-state index contributed by atoms with van der Waals surface area (Å²) >= 11 is 0. The van der Waals surface area contributed by atoms with Crippen molar-refractivity contribution in [1.82, 2.24) is 4.98 Å². The highest BCUT2D eigenvalue weighted by atomic mass is 32.2. The number of pyridine rings is 1. The Kier molecular flexibility index (Phi) is 3.48. The van der Waals surface area contributed by atoms with E-state index in [0.29, 0.717) is 5.56 Å². The molecular formula is C12H10F2N2O2S. The van der Waals surface area contributed by atoms with Crippen LogP contribution < -0.4 is 4.72 Å². The zero-order chi connectivity index (χ0) is 14.0. The van der Waals surface area contributed by atoms with Crippen molar-refractivity contribution in [3.8, 4) is 0 Å². The summed E-state index contributed by atoms with van der Waals surface area (Å²) in [5, 5.41) is 0. The molecule has 0 atom stereocenters. The number of aromatic nitrogens is 1. The van der Waals surface area contributed by atoms with Crippen LogP contribution in [0.2, 0.25) is 0 Å². The number of nitrogens with one attached hydrogen (secondary N) is 1. The lowest BCUT2D eigenvalue weighted by Crippen LogP contribution is -2.14. The number of rotatable bonds is 3. The Morgan fingerprint density at radius 1 is 1.16 bits per heavy atom. The first-order valence-corrected chi connectivity index (χ1v) is 6.77. The summed E-state index contributed by atoms with van der Waals surface area (Å²) in [6.45, 7) is 1.55. The van der Waals surface area contributed by atoms with E-state index < -0.39 is 21.8 Å². The molecule has 4 nitrogen and oxygen atoms in total. The van der Waals surface area contributed by atoms with Gasteiger partial charge in [-0.3, -0.25) is 4.72 Å². The summed E-state index contributed by atoms with van der Waals surface area (Å²) < 4.78 is 52.1. The fourth-order valence-electron chi connectivity index (χ4n) is 1.51. The number of anilines is 1. The molecule has 0 unspecified atom stereocenters. The normalized spacial score (nSPS) is 11.3. The van der Waals surface area contributed by atoms with E-state index in [1.807, 2.05) is 0 Å². The molecule has 0 aliphatic carbocycles. The molecule has 0 saturated heterocycles. The minimum absolute atomic E-state index is 0.102. The maximum atomic E-state index is 13.1. The number of sulfonamides is 1. The molecule has 0 fully saturated rings. The second-order valence-corrected chi connectivity index (χ2v) is 5.54. The molecule has 0 bridgehead atoms. The Labute approximate surface area is 109 Å². The minimum Gasteiger partial charge on any atom is -0.278 e. The largest absolute Gasteiger partial charge is 0.278 e. The molecule has 1 aromatic carbocycles. The minimum atomic E-state index is -3.93. The van der Waals surface area contributed by atoms with Crippen molar-refractivity contribution < 1.29 is 17.2 Å². The van der Waals surface area contributed by atoms with Gasteiger partial charge in [0.15, 0.2) is 0 Å². The highest BCUT2D eigenvalue weighted by molar-refractivity contribution is 7.92. The highest BCUT2D eigenvalue weighted by Gasteiger charge is 2.17. The molecular weight excluding hydrogens is 274 g/mol. The van der Waals surface area contributed by atoms with Gasteiger partial charge in [0.25, 0.3) is 10.0 Å². The molecule has 100 valence electrons. The van der Waals surface area contributed by atoms with Crippen molar-refractivity contribution in [2.75, 3.05) is 4.72 Å². The smallest absolute Gasteiger partial charge is 0.262 e. The first-order valence-electron chi connectivity index (χ1n) is 5.29. The first-order chi connectivity index (χ1) is 8.88. The van der Waals surface area contributed by atoms with Crippen LogP contribution >= 0.6 is 0 Å². The summed E-state index contributed by atoms with van der Waals surface area (Å²) in [6.07, 6.45) is 1.04. The van der Waals surface area contributed by atoms with E-state index in [1.165, 1.54) is 18.2 Å². The Morgan fingerprint density at radius 2 is 1.89 bits per heavy atom. The number of aryl methyl sites for hydroxylation is 1. The number of hydrogen-bond acceptors (Lipinski definition) is 3. The second-order valence-electron chi connectivity index (χ2n) is 3.88. The monoisotopic (exact) mass is 284 g/mol. The maximum absolute atomic E-state index is 13.1. The first kappa shape index (κ1) is 13.4. The lowest BCUT2D eigenvalue weighted by Gasteiger charge is -2.10. The Morgan fingerprint density at radius 3 is 2.53 bits per heavy atom. The molecule has 2 aromatic rings. The van der Waals surface area contributed by atoms with Gasteiger partial charge in [-0.1, -0.05) is 6.07 Å². The second kappa shape index (κ2) is 4.93. The number of hydrogen-bond donors (Lipinski definition) is 1. The molecule has 1 aromatic heterocycles. The van der Waals surface area contributed by atoms with Gasteiger partial charge in [-0.05, 0) is 36.8 Å². The molecule has 0 aliphatic heterocycles. The van der Waals surface area contributed by atoms with Gasteiger partial charge >= 0.3 is 0 Å². The van der Waals surface area contributed by atoms with Crippen LogP contribution in [0.1, 0.15) is 5.56 Å². The Hall–Kier alpha value is -2.02. The van der Waals surface area contributed by atoms with Crippen LogP contribution in [-0.4, -0.2) is 13.4 Å². The molecule has 0 amide bonds. The van der Waals surface area contributed by atoms with Crippen LogP contribution in [0.15, 0.2) is 41.4 Å². The van der Waals surface area contributed by atoms with Gasteiger partial charge < -0.3 is 0 Å². The fraction of sp³-hybridized carbons (Fsp3) is 0.0833. The molecule has 1 heterocycles. The van der Waals surface area contributed by atoms with Gasteiger partial charge in [-0.15, -0.1) is 0 Å². The predicted molar refractivity (Wildman–Crippen MR) is 66.1 cm³/mol. The van der Waals surface area contributed by atoms with Crippen molar-refractivity contribution in [3.05, 3.63) is 53.9 Å². The topological polar surface area (TPSA) is 59.1 Å². The fourth-order valence-corrected chi connectivity index (χ4v) is 2.81. The predicted octanol–water partition coefficient (Wildman–Crippen LogP) is 2.47. The molecule has 0 aliphatic rings. The maximum Gasteiger partial charge on any atom is 0.262 e. The third-order valence-corrected chi connectivity index (χ3v) is 3.94. The molecule has 19 heavy (non-hydrogen) atoms. The van der Waals surface area contributed by atoms with Gasteiger partial charge in [0.1, 0.15) is 5.82 Å². The molecule has 2 rings (SSSR count). The van der Waals surface area contributed by atoms with Crippen molar-refractivity contribution in [2.45, 2.75) is 11.8 Å². The number of nitrogens with zero attached hydrogens (tertiary/aromatic N) is 1. The van der Waals surface area contributed by atoms with Crippen molar-refractivity contribution in [2.24, 2.45) is 0 Å². The summed E-state index contributed by atoms with van der Waals surface area (Å²) in [5.74, 6) is -1.37. The standard InChI is InChI=1S/C12H10F2N2O2S/c1-8-2-3-9(13)6-11(8)19(17,18)16-10-4-5-12(14)15-7-10/h2-7,16H,1H3. The number of halogens is 2. The lowest BCUT2D eigenvalue weighted by molar-refractivity contribution is 0.583. The van der Waals surface area contributed by atoms with E-state index >= 15 is 0 Å². The van der Waals surface area contributed by atoms with E-state index in [2.05, 4.69) is 9.71 Å². The third kappa shape index (κ3) is 3.05. The van der Waals surface area contributed by atoms with Crippen LogP contribution in [0.4, 0.5) is 14.5 Å². The van der Waals surface area contributed by atoms with Crippen LogP contribution in [0.5, 0.6) is 0 Å². The van der Waals surface area contributed by atoms with Crippen LogP contribution in [0.3, 0.4) is 0 Å². The van der Waals surface area contributed by atoms with E-state index in [4.69, 9.17) is 0 Å². The van der Waals surface area contributed by atoms with E-state index in [0.717, 1.165) is 18.3 Å². The van der Waals surface area contributed by atoms with Crippen molar-refractivity contribution in [1.29, 1.82) is 0 Å². The molecule has 0 radical (unpaired) electrons. The van der Waals surface area contributed by atoms with Gasteiger partial charge in [0.05, 0.1) is 16.8 Å². The van der Waals surface area contributed by atoms with E-state index in [-0.39, 0.29) is 10.6 Å². The van der Waals surface area contributed by atoms with Crippen LogP contribution in [0, 0.1) is 18.7 Å². The zero-order valence-corrected chi connectivity index (χ0v) is 10.7. The van der Waals surface area contributed by atoms with Gasteiger partial charge in [-0.2, -0.15) is 4.39 Å². The van der Waals surface area contributed by atoms with Gasteiger partial charge in [-0.25, -0.2) is 17.8 Å². The van der Waals surface area contributed by atoms with Gasteiger partial charge in [0.2, 0.25) is 5.95 Å². The van der Waals surface area contributed by atoms with Crippen molar-refractivity contribution >= 4 is 15.7 Å². The average Bonchev–Trinajstić information content (AvgIpc) is 2.35. The van der Waals surface area contributed by atoms with Crippen LogP contribution in [0.25, 0.3) is 0 Å². The quantitative estimate of drug-likeness (QED) is 0.881. The third-order valence-electron chi connectivity index (χ3n) is 2.42.